The normalized spacial score (nSPS) is 16.2. The van der Waals surface area contributed by atoms with E-state index in [9.17, 15) is 10.1 Å². The van der Waals surface area contributed by atoms with Crippen molar-refractivity contribution in [2.45, 2.75) is 39.7 Å². The molecule has 1 aliphatic rings. The summed E-state index contributed by atoms with van der Waals surface area (Å²) in [5.74, 6) is -1.05. The molecule has 1 unspecified atom stereocenters. The summed E-state index contributed by atoms with van der Waals surface area (Å²) in [5.41, 5.74) is 5.69. The minimum atomic E-state index is -0.600. The molecule has 0 radical (unpaired) electrons. The van der Waals surface area contributed by atoms with E-state index in [1.54, 1.807) is 26.2 Å². The van der Waals surface area contributed by atoms with Crippen LogP contribution in [0.3, 0.4) is 0 Å². The molecule has 0 fully saturated rings. The van der Waals surface area contributed by atoms with Crippen LogP contribution in [0.5, 0.6) is 0 Å². The predicted octanol–water partition coefficient (Wildman–Crippen LogP) is 5.01. The molecule has 2 aromatic heterocycles. The smallest absolute Gasteiger partial charge is 0.337 e. The highest BCUT2D eigenvalue weighted by molar-refractivity contribution is 5.96. The number of nitrogens with one attached hydrogen (secondary N) is 1. The Labute approximate surface area is 187 Å². The number of benzene rings is 1. The Hall–Kier alpha value is -3.98. The van der Waals surface area contributed by atoms with Gasteiger partial charge in [-0.05, 0) is 44.9 Å². The summed E-state index contributed by atoms with van der Waals surface area (Å²) in [7, 11) is 0. The number of nitrogens with zero attached hydrogens (tertiary/aromatic N) is 3. The third-order valence-electron chi connectivity index (χ3n) is 5.50. The lowest BCUT2D eigenvalue weighted by Gasteiger charge is -2.29. The number of hydrogen-bond donors (Lipinski definition) is 1. The molecule has 0 spiro atoms. The number of carbonyl (C=O) groups excluding carboxylic acids is 1. The van der Waals surface area contributed by atoms with E-state index in [0.29, 0.717) is 28.1 Å². The summed E-state index contributed by atoms with van der Waals surface area (Å²) in [6, 6.07) is 14.3. The van der Waals surface area contributed by atoms with Crippen molar-refractivity contribution in [3.05, 3.63) is 83.1 Å². The Bertz CT molecular complexity index is 1300. The number of esters is 1. The Morgan fingerprint density at radius 3 is 2.53 bits per heavy atom. The van der Waals surface area contributed by atoms with Crippen LogP contribution in [0.1, 0.15) is 39.2 Å². The number of carbonyl (C=O) groups is 1. The SMILES string of the molecule is CC1=C(C#N)C(c2cncc3ncc(-c4ccccc4)cc23)C(C(=O)OC(C)C)=C(C)N1. The molecule has 160 valence electrons. The Morgan fingerprint density at radius 2 is 1.84 bits per heavy atom. The third-order valence-corrected chi connectivity index (χ3v) is 5.50. The van der Waals surface area contributed by atoms with Gasteiger partial charge in [-0.15, -0.1) is 0 Å². The summed E-state index contributed by atoms with van der Waals surface area (Å²) in [4.78, 5) is 22.1. The maximum Gasteiger partial charge on any atom is 0.337 e. The van der Waals surface area contributed by atoms with Crippen molar-refractivity contribution in [1.29, 1.82) is 5.26 Å². The third kappa shape index (κ3) is 3.85. The summed E-state index contributed by atoms with van der Waals surface area (Å²) < 4.78 is 5.54. The second-order valence-corrected chi connectivity index (χ2v) is 8.09. The molecule has 0 bridgehead atoms. The van der Waals surface area contributed by atoms with Crippen LogP contribution in [-0.4, -0.2) is 22.0 Å². The second-order valence-electron chi connectivity index (χ2n) is 8.09. The van der Waals surface area contributed by atoms with Crippen molar-refractivity contribution < 1.29 is 9.53 Å². The van der Waals surface area contributed by atoms with Gasteiger partial charge < -0.3 is 10.1 Å². The molecule has 3 aromatic rings. The van der Waals surface area contributed by atoms with Crippen molar-refractivity contribution in [1.82, 2.24) is 15.3 Å². The minimum Gasteiger partial charge on any atom is -0.460 e. The van der Waals surface area contributed by atoms with Crippen molar-refractivity contribution in [3.63, 3.8) is 0 Å². The highest BCUT2D eigenvalue weighted by Crippen LogP contribution is 2.41. The van der Waals surface area contributed by atoms with E-state index < -0.39 is 11.9 Å². The molecule has 6 nitrogen and oxygen atoms in total. The van der Waals surface area contributed by atoms with Gasteiger partial charge in [-0.25, -0.2) is 4.79 Å². The van der Waals surface area contributed by atoms with Crippen LogP contribution in [0.2, 0.25) is 0 Å². The summed E-state index contributed by atoms with van der Waals surface area (Å²) >= 11 is 0. The van der Waals surface area contributed by atoms with Crippen molar-refractivity contribution in [2.75, 3.05) is 0 Å². The lowest BCUT2D eigenvalue weighted by Crippen LogP contribution is -2.29. The number of aromatic nitrogens is 2. The lowest BCUT2D eigenvalue weighted by atomic mass is 9.80. The fourth-order valence-corrected chi connectivity index (χ4v) is 4.09. The van der Waals surface area contributed by atoms with Gasteiger partial charge in [-0.1, -0.05) is 30.3 Å². The number of pyridine rings is 2. The zero-order valence-corrected chi connectivity index (χ0v) is 18.5. The maximum absolute atomic E-state index is 13.1. The number of rotatable bonds is 4. The van der Waals surface area contributed by atoms with Gasteiger partial charge in [0.15, 0.2) is 0 Å². The van der Waals surface area contributed by atoms with Crippen LogP contribution in [0.4, 0.5) is 0 Å². The average molecular weight is 425 g/mol. The molecule has 0 saturated heterocycles. The second kappa shape index (κ2) is 8.64. The number of nitriles is 1. The fourth-order valence-electron chi connectivity index (χ4n) is 4.09. The van der Waals surface area contributed by atoms with Crippen LogP contribution in [0, 0.1) is 11.3 Å². The van der Waals surface area contributed by atoms with Crippen LogP contribution in [0.25, 0.3) is 22.0 Å². The highest BCUT2D eigenvalue weighted by Gasteiger charge is 2.35. The molecule has 0 aliphatic carbocycles. The number of ether oxygens (including phenoxy) is 1. The van der Waals surface area contributed by atoms with Crippen molar-refractivity contribution in [2.24, 2.45) is 0 Å². The quantitative estimate of drug-likeness (QED) is 0.593. The molecular formula is C26H24N4O2. The van der Waals surface area contributed by atoms with Gasteiger partial charge in [0.1, 0.15) is 0 Å². The van der Waals surface area contributed by atoms with E-state index in [2.05, 4.69) is 21.4 Å². The van der Waals surface area contributed by atoms with E-state index >= 15 is 0 Å². The molecule has 1 aliphatic heterocycles. The molecule has 1 atom stereocenters. The maximum atomic E-state index is 13.1. The molecule has 0 saturated carbocycles. The average Bonchev–Trinajstić information content (AvgIpc) is 2.78. The monoisotopic (exact) mass is 424 g/mol. The largest absolute Gasteiger partial charge is 0.460 e. The first kappa shape index (κ1) is 21.3. The Balaban J connectivity index is 1.95. The fraction of sp³-hybridized carbons (Fsp3) is 0.231. The first-order valence-corrected chi connectivity index (χ1v) is 10.5. The van der Waals surface area contributed by atoms with E-state index in [-0.39, 0.29) is 6.10 Å². The van der Waals surface area contributed by atoms with Gasteiger partial charge in [0.25, 0.3) is 0 Å². The zero-order valence-electron chi connectivity index (χ0n) is 18.5. The molecule has 4 rings (SSSR count). The van der Waals surface area contributed by atoms with E-state index in [4.69, 9.17) is 4.74 Å². The molecular weight excluding hydrogens is 400 g/mol. The van der Waals surface area contributed by atoms with Crippen LogP contribution < -0.4 is 5.32 Å². The summed E-state index contributed by atoms with van der Waals surface area (Å²) in [5, 5.41) is 14.0. The predicted molar refractivity (Wildman–Crippen MR) is 123 cm³/mol. The van der Waals surface area contributed by atoms with Gasteiger partial charge in [-0.2, -0.15) is 5.26 Å². The number of fused-ring (bicyclic) bond motifs is 1. The lowest BCUT2D eigenvalue weighted by molar-refractivity contribution is -0.143. The van der Waals surface area contributed by atoms with Gasteiger partial charge >= 0.3 is 5.97 Å². The minimum absolute atomic E-state index is 0.280. The summed E-state index contributed by atoms with van der Waals surface area (Å²) in [6.07, 6.45) is 4.94. The van der Waals surface area contributed by atoms with Gasteiger partial charge in [-0.3, -0.25) is 9.97 Å². The molecule has 1 N–H and O–H groups in total. The number of dihydropyridines is 1. The molecule has 6 heteroatoms. The van der Waals surface area contributed by atoms with Crippen molar-refractivity contribution in [3.8, 4) is 17.2 Å². The molecule has 1 aromatic carbocycles. The van der Waals surface area contributed by atoms with E-state index in [0.717, 1.165) is 22.1 Å². The van der Waals surface area contributed by atoms with Crippen LogP contribution in [0.15, 0.2) is 77.5 Å². The van der Waals surface area contributed by atoms with Crippen molar-refractivity contribution >= 4 is 16.9 Å². The van der Waals surface area contributed by atoms with Crippen LogP contribution in [-0.2, 0) is 9.53 Å². The molecule has 32 heavy (non-hydrogen) atoms. The standard InChI is InChI=1S/C26H24N4O2/c1-15(2)32-26(31)24-17(4)30-16(3)21(11-27)25(24)22-13-28-14-23-20(22)10-19(12-29-23)18-8-6-5-7-9-18/h5-10,12-15,25,30H,1-4H3. The number of hydrogen-bond acceptors (Lipinski definition) is 6. The van der Waals surface area contributed by atoms with Crippen LogP contribution >= 0.6 is 0 Å². The first-order valence-electron chi connectivity index (χ1n) is 10.5. The van der Waals surface area contributed by atoms with E-state index in [1.165, 1.54) is 0 Å². The number of allylic oxidation sites excluding steroid dienone is 3. The molecule has 3 heterocycles. The van der Waals surface area contributed by atoms with Gasteiger partial charge in [0, 0.05) is 34.7 Å². The van der Waals surface area contributed by atoms with E-state index in [1.807, 2.05) is 56.4 Å². The zero-order chi connectivity index (χ0) is 22.8. The van der Waals surface area contributed by atoms with Gasteiger partial charge in [0.05, 0.1) is 41.0 Å². The highest BCUT2D eigenvalue weighted by atomic mass is 16.5. The molecule has 0 amide bonds. The Morgan fingerprint density at radius 1 is 1.09 bits per heavy atom. The van der Waals surface area contributed by atoms with Gasteiger partial charge in [0.2, 0.25) is 0 Å². The first-order chi connectivity index (χ1) is 15.4. The Kier molecular flexibility index (Phi) is 5.74. The summed E-state index contributed by atoms with van der Waals surface area (Å²) in [6.45, 7) is 7.28. The topological polar surface area (TPSA) is 87.9 Å².